The summed E-state index contributed by atoms with van der Waals surface area (Å²) in [5.74, 6) is -0.136. The molecule has 0 unspecified atom stereocenters. The summed E-state index contributed by atoms with van der Waals surface area (Å²) in [6.45, 7) is 3.90. The standard InChI is InChI=1S/C18H28N2O4S/c1-16-6-8-17(9-7-16)4-2-3-5-18(21)19-10-15-25(22,23)20-11-13-24-14-12-20/h6-9H,2-5,10-15H2,1H3,(H,19,21). The molecule has 1 aliphatic heterocycles. The molecule has 0 bridgehead atoms. The molecule has 140 valence electrons. The first-order chi connectivity index (χ1) is 12.0. The van der Waals surface area contributed by atoms with Crippen LogP contribution in [0.5, 0.6) is 0 Å². The molecular weight excluding hydrogens is 340 g/mol. The van der Waals surface area contributed by atoms with Gasteiger partial charge in [0, 0.05) is 26.1 Å². The number of benzene rings is 1. The van der Waals surface area contributed by atoms with Gasteiger partial charge in [0.2, 0.25) is 15.9 Å². The van der Waals surface area contributed by atoms with Gasteiger partial charge in [0.1, 0.15) is 0 Å². The van der Waals surface area contributed by atoms with Crippen molar-refractivity contribution in [3.05, 3.63) is 35.4 Å². The van der Waals surface area contributed by atoms with E-state index in [1.165, 1.54) is 15.4 Å². The fraction of sp³-hybridized carbons (Fsp3) is 0.611. The third-order valence-electron chi connectivity index (χ3n) is 4.29. The number of morpholine rings is 1. The molecule has 1 aliphatic rings. The molecule has 1 aromatic carbocycles. The first-order valence-corrected chi connectivity index (χ1v) is 10.5. The molecule has 0 saturated carbocycles. The smallest absolute Gasteiger partial charge is 0.220 e. The highest BCUT2D eigenvalue weighted by atomic mass is 32.2. The first-order valence-electron chi connectivity index (χ1n) is 8.85. The van der Waals surface area contributed by atoms with Crippen LogP contribution in [0.25, 0.3) is 0 Å². The fourth-order valence-corrected chi connectivity index (χ4v) is 4.05. The number of ether oxygens (including phenoxy) is 1. The van der Waals surface area contributed by atoms with Crippen molar-refractivity contribution in [1.29, 1.82) is 0 Å². The van der Waals surface area contributed by atoms with Crippen LogP contribution in [-0.2, 0) is 26.0 Å². The lowest BCUT2D eigenvalue weighted by molar-refractivity contribution is -0.121. The lowest BCUT2D eigenvalue weighted by atomic mass is 10.1. The molecule has 1 amide bonds. The number of sulfonamides is 1. The molecule has 25 heavy (non-hydrogen) atoms. The Bertz CT molecular complexity index is 638. The highest BCUT2D eigenvalue weighted by Gasteiger charge is 2.23. The van der Waals surface area contributed by atoms with Crippen molar-refractivity contribution in [3.8, 4) is 0 Å². The van der Waals surface area contributed by atoms with Gasteiger partial charge in [-0.15, -0.1) is 0 Å². The second-order valence-electron chi connectivity index (χ2n) is 6.37. The number of nitrogens with one attached hydrogen (secondary N) is 1. The maximum absolute atomic E-state index is 12.1. The summed E-state index contributed by atoms with van der Waals surface area (Å²) in [6, 6.07) is 8.42. The van der Waals surface area contributed by atoms with Crippen LogP contribution >= 0.6 is 0 Å². The van der Waals surface area contributed by atoms with E-state index in [4.69, 9.17) is 4.74 Å². The van der Waals surface area contributed by atoms with E-state index in [1.807, 2.05) is 0 Å². The van der Waals surface area contributed by atoms with Gasteiger partial charge in [-0.25, -0.2) is 8.42 Å². The van der Waals surface area contributed by atoms with E-state index in [9.17, 15) is 13.2 Å². The molecule has 1 aromatic rings. The summed E-state index contributed by atoms with van der Waals surface area (Å²) in [5, 5.41) is 2.71. The molecule has 0 atom stereocenters. The molecule has 6 nitrogen and oxygen atoms in total. The van der Waals surface area contributed by atoms with Crippen molar-refractivity contribution in [3.63, 3.8) is 0 Å². The Morgan fingerprint density at radius 2 is 1.84 bits per heavy atom. The largest absolute Gasteiger partial charge is 0.379 e. The SMILES string of the molecule is Cc1ccc(CCCCC(=O)NCCS(=O)(=O)N2CCOCC2)cc1. The van der Waals surface area contributed by atoms with Gasteiger partial charge in [0.25, 0.3) is 0 Å². The van der Waals surface area contributed by atoms with Crippen LogP contribution in [0.2, 0.25) is 0 Å². The second kappa shape index (κ2) is 9.89. The maximum atomic E-state index is 12.1. The molecule has 0 spiro atoms. The van der Waals surface area contributed by atoms with Crippen molar-refractivity contribution >= 4 is 15.9 Å². The first kappa shape index (κ1) is 19.9. The van der Waals surface area contributed by atoms with Crippen LogP contribution in [0, 0.1) is 6.92 Å². The summed E-state index contributed by atoms with van der Waals surface area (Å²) in [6.07, 6.45) is 3.14. The van der Waals surface area contributed by atoms with Crippen LogP contribution in [0.4, 0.5) is 0 Å². The lowest BCUT2D eigenvalue weighted by Gasteiger charge is -2.26. The monoisotopic (exact) mass is 368 g/mol. The van der Waals surface area contributed by atoms with Gasteiger partial charge >= 0.3 is 0 Å². The number of hydrogen-bond acceptors (Lipinski definition) is 4. The predicted molar refractivity (Wildman–Crippen MR) is 97.9 cm³/mol. The van der Waals surface area contributed by atoms with Gasteiger partial charge in [0.15, 0.2) is 0 Å². The molecule has 0 aliphatic carbocycles. The zero-order chi connectivity index (χ0) is 18.1. The predicted octanol–water partition coefficient (Wildman–Crippen LogP) is 1.49. The Hall–Kier alpha value is -1.44. The normalized spacial score (nSPS) is 15.9. The lowest BCUT2D eigenvalue weighted by Crippen LogP contribution is -2.43. The third kappa shape index (κ3) is 7.13. The molecule has 2 rings (SSSR count). The molecule has 7 heteroatoms. The van der Waals surface area contributed by atoms with Gasteiger partial charge in [0.05, 0.1) is 19.0 Å². The molecule has 1 N–H and O–H groups in total. The van der Waals surface area contributed by atoms with E-state index in [0.29, 0.717) is 32.7 Å². The zero-order valence-electron chi connectivity index (χ0n) is 14.9. The minimum absolute atomic E-state index is 0.0535. The third-order valence-corrected chi connectivity index (χ3v) is 6.16. The highest BCUT2D eigenvalue weighted by molar-refractivity contribution is 7.89. The second-order valence-corrected chi connectivity index (χ2v) is 8.46. The van der Waals surface area contributed by atoms with Crippen molar-refractivity contribution in [2.24, 2.45) is 0 Å². The van der Waals surface area contributed by atoms with Gasteiger partial charge in [-0.2, -0.15) is 4.31 Å². The van der Waals surface area contributed by atoms with Crippen molar-refractivity contribution in [2.75, 3.05) is 38.6 Å². The van der Waals surface area contributed by atoms with Crippen LogP contribution in [0.15, 0.2) is 24.3 Å². The van der Waals surface area contributed by atoms with Gasteiger partial charge in [-0.1, -0.05) is 29.8 Å². The molecular formula is C18H28N2O4S. The van der Waals surface area contributed by atoms with Gasteiger partial charge in [-0.05, 0) is 31.7 Å². The maximum Gasteiger partial charge on any atom is 0.220 e. The molecule has 1 heterocycles. The van der Waals surface area contributed by atoms with Crippen molar-refractivity contribution in [2.45, 2.75) is 32.6 Å². The number of nitrogens with zero attached hydrogens (tertiary/aromatic N) is 1. The topological polar surface area (TPSA) is 75.7 Å². The van der Waals surface area contributed by atoms with Gasteiger partial charge in [-0.3, -0.25) is 4.79 Å². The minimum atomic E-state index is -3.31. The average molecular weight is 368 g/mol. The van der Waals surface area contributed by atoms with E-state index < -0.39 is 10.0 Å². The number of carbonyl (C=O) groups excluding carboxylic acids is 1. The van der Waals surface area contributed by atoms with Crippen LogP contribution < -0.4 is 5.32 Å². The highest BCUT2D eigenvalue weighted by Crippen LogP contribution is 2.08. The zero-order valence-corrected chi connectivity index (χ0v) is 15.7. The van der Waals surface area contributed by atoms with E-state index >= 15 is 0 Å². The van der Waals surface area contributed by atoms with Crippen LogP contribution in [-0.4, -0.2) is 57.2 Å². The summed E-state index contributed by atoms with van der Waals surface area (Å²) in [4.78, 5) is 11.8. The van der Waals surface area contributed by atoms with Crippen molar-refractivity contribution in [1.82, 2.24) is 9.62 Å². The summed E-state index contributed by atoms with van der Waals surface area (Å²) in [5.41, 5.74) is 2.53. The molecule has 1 saturated heterocycles. The molecule has 0 radical (unpaired) electrons. The average Bonchev–Trinajstić information content (AvgIpc) is 2.61. The number of rotatable bonds is 9. The van der Waals surface area contributed by atoms with Gasteiger partial charge < -0.3 is 10.1 Å². The fourth-order valence-electron chi connectivity index (χ4n) is 2.73. The Balaban J connectivity index is 1.58. The number of unbranched alkanes of at least 4 members (excludes halogenated alkanes) is 1. The van der Waals surface area contributed by atoms with E-state index in [-0.39, 0.29) is 18.2 Å². The Morgan fingerprint density at radius 1 is 1.16 bits per heavy atom. The minimum Gasteiger partial charge on any atom is -0.379 e. The summed E-state index contributed by atoms with van der Waals surface area (Å²) in [7, 11) is -3.31. The summed E-state index contributed by atoms with van der Waals surface area (Å²) < 4.78 is 30.8. The quantitative estimate of drug-likeness (QED) is 0.670. The van der Waals surface area contributed by atoms with E-state index in [1.54, 1.807) is 0 Å². The number of carbonyl (C=O) groups is 1. The van der Waals surface area contributed by atoms with Crippen LogP contribution in [0.1, 0.15) is 30.4 Å². The Labute approximate surface area is 150 Å². The van der Waals surface area contributed by atoms with E-state index in [2.05, 4.69) is 36.5 Å². The number of amides is 1. The van der Waals surface area contributed by atoms with Crippen LogP contribution in [0.3, 0.4) is 0 Å². The Morgan fingerprint density at radius 3 is 2.52 bits per heavy atom. The van der Waals surface area contributed by atoms with E-state index in [0.717, 1.165) is 19.3 Å². The molecule has 1 fully saturated rings. The Kier molecular flexibility index (Phi) is 7.87. The number of hydrogen-bond donors (Lipinski definition) is 1. The number of aryl methyl sites for hydroxylation is 2. The molecule has 0 aromatic heterocycles. The van der Waals surface area contributed by atoms with Crippen molar-refractivity contribution < 1.29 is 17.9 Å². The summed E-state index contributed by atoms with van der Waals surface area (Å²) >= 11 is 0.